The molecule has 2 amide bonds. The summed E-state index contributed by atoms with van der Waals surface area (Å²) in [7, 11) is 3.11. The van der Waals surface area contributed by atoms with E-state index < -0.39 is 0 Å². The van der Waals surface area contributed by atoms with Crippen LogP contribution in [0.3, 0.4) is 0 Å². The summed E-state index contributed by atoms with van der Waals surface area (Å²) in [6.45, 7) is -0.218. The topological polar surface area (TPSA) is 85.9 Å². The second-order valence-corrected chi connectivity index (χ2v) is 5.00. The van der Waals surface area contributed by atoms with Crippen LogP contribution in [0.25, 0.3) is 0 Å². The summed E-state index contributed by atoms with van der Waals surface area (Å²) in [5, 5.41) is 5.17. The van der Waals surface area contributed by atoms with Crippen molar-refractivity contribution in [2.24, 2.45) is 0 Å². The Morgan fingerprint density at radius 3 is 2.20 bits per heavy atom. The average molecular weight is 344 g/mol. The molecule has 0 saturated carbocycles. The monoisotopic (exact) mass is 344 g/mol. The van der Waals surface area contributed by atoms with Gasteiger partial charge >= 0.3 is 0 Å². The highest BCUT2D eigenvalue weighted by Gasteiger charge is 2.06. The van der Waals surface area contributed by atoms with Gasteiger partial charge in [-0.05, 0) is 36.4 Å². The highest BCUT2D eigenvalue weighted by molar-refractivity contribution is 5.92. The van der Waals surface area contributed by atoms with E-state index in [2.05, 4.69) is 10.6 Å². The van der Waals surface area contributed by atoms with E-state index in [9.17, 15) is 9.59 Å². The molecule has 0 atom stereocenters. The Kier molecular flexibility index (Phi) is 6.65. The highest BCUT2D eigenvalue weighted by Crippen LogP contribution is 2.18. The standard InChI is InChI=1S/C18H20N2O5/c1-19-17(21)11-25-16-5-3-4-13(10-16)20-18(22)12-24-15-8-6-14(23-2)7-9-15/h3-10H,11-12H2,1-2H3,(H,19,21)(H,20,22). The molecule has 0 radical (unpaired) electrons. The van der Waals surface area contributed by atoms with Crippen molar-refractivity contribution in [2.75, 3.05) is 32.7 Å². The molecule has 0 aromatic heterocycles. The van der Waals surface area contributed by atoms with Gasteiger partial charge in [0.2, 0.25) is 0 Å². The van der Waals surface area contributed by atoms with Gasteiger partial charge in [-0.3, -0.25) is 9.59 Å². The molecule has 7 heteroatoms. The van der Waals surface area contributed by atoms with Gasteiger partial charge in [-0.25, -0.2) is 0 Å². The first-order valence-electron chi connectivity index (χ1n) is 7.61. The molecular formula is C18H20N2O5. The maximum atomic E-state index is 12.0. The van der Waals surface area contributed by atoms with E-state index in [1.807, 2.05) is 0 Å². The van der Waals surface area contributed by atoms with Gasteiger partial charge in [0.25, 0.3) is 11.8 Å². The number of methoxy groups -OCH3 is 1. The summed E-state index contributed by atoms with van der Waals surface area (Å²) < 4.78 is 15.8. The molecule has 132 valence electrons. The summed E-state index contributed by atoms with van der Waals surface area (Å²) in [4.78, 5) is 23.1. The zero-order valence-electron chi connectivity index (χ0n) is 14.1. The number of anilines is 1. The van der Waals surface area contributed by atoms with Crippen molar-refractivity contribution in [3.63, 3.8) is 0 Å². The lowest BCUT2D eigenvalue weighted by Gasteiger charge is -2.10. The lowest BCUT2D eigenvalue weighted by atomic mass is 10.3. The van der Waals surface area contributed by atoms with Gasteiger partial charge in [-0.2, -0.15) is 0 Å². The quantitative estimate of drug-likeness (QED) is 0.763. The van der Waals surface area contributed by atoms with E-state index in [0.717, 1.165) is 0 Å². The van der Waals surface area contributed by atoms with Gasteiger partial charge in [0.1, 0.15) is 17.2 Å². The predicted molar refractivity (Wildman–Crippen MR) is 93.1 cm³/mol. The number of hydrogen-bond acceptors (Lipinski definition) is 5. The van der Waals surface area contributed by atoms with Gasteiger partial charge in [0.15, 0.2) is 13.2 Å². The Balaban J connectivity index is 1.84. The molecular weight excluding hydrogens is 324 g/mol. The molecule has 2 rings (SSSR count). The van der Waals surface area contributed by atoms with Crippen LogP contribution >= 0.6 is 0 Å². The SMILES string of the molecule is CNC(=O)COc1cccc(NC(=O)COc2ccc(OC)cc2)c1. The fourth-order valence-corrected chi connectivity index (χ4v) is 1.90. The van der Waals surface area contributed by atoms with E-state index in [1.165, 1.54) is 7.05 Å². The number of amides is 2. The summed E-state index contributed by atoms with van der Waals surface area (Å²) in [5.41, 5.74) is 0.553. The molecule has 0 spiro atoms. The Labute approximate surface area is 145 Å². The number of hydrogen-bond donors (Lipinski definition) is 2. The van der Waals surface area contributed by atoms with Gasteiger partial charge in [0, 0.05) is 18.8 Å². The average Bonchev–Trinajstić information content (AvgIpc) is 2.65. The normalized spacial score (nSPS) is 9.84. The molecule has 0 unspecified atom stereocenters. The van der Waals surface area contributed by atoms with Crippen LogP contribution in [0.5, 0.6) is 17.2 Å². The van der Waals surface area contributed by atoms with Gasteiger partial charge in [-0.1, -0.05) is 6.07 Å². The summed E-state index contributed by atoms with van der Waals surface area (Å²) >= 11 is 0. The number of carbonyl (C=O) groups excluding carboxylic acids is 2. The number of benzene rings is 2. The second-order valence-electron chi connectivity index (χ2n) is 5.00. The van der Waals surface area contributed by atoms with Crippen molar-refractivity contribution >= 4 is 17.5 Å². The molecule has 7 nitrogen and oxygen atoms in total. The summed E-state index contributed by atoms with van der Waals surface area (Å²) in [6, 6.07) is 13.7. The van der Waals surface area contributed by atoms with Crippen molar-refractivity contribution in [1.29, 1.82) is 0 Å². The van der Waals surface area contributed by atoms with Crippen molar-refractivity contribution in [3.8, 4) is 17.2 Å². The van der Waals surface area contributed by atoms with Gasteiger partial charge < -0.3 is 24.8 Å². The molecule has 0 aliphatic heterocycles. The zero-order chi connectivity index (χ0) is 18.1. The predicted octanol–water partition coefficient (Wildman–Crippen LogP) is 1.84. The Bertz CT molecular complexity index is 716. The highest BCUT2D eigenvalue weighted by atomic mass is 16.5. The van der Waals surface area contributed by atoms with Crippen LogP contribution in [0.2, 0.25) is 0 Å². The maximum Gasteiger partial charge on any atom is 0.262 e. The van der Waals surface area contributed by atoms with E-state index in [1.54, 1.807) is 55.6 Å². The zero-order valence-corrected chi connectivity index (χ0v) is 14.1. The van der Waals surface area contributed by atoms with Crippen molar-refractivity contribution < 1.29 is 23.8 Å². The third-order valence-corrected chi connectivity index (χ3v) is 3.20. The van der Waals surface area contributed by atoms with E-state index in [4.69, 9.17) is 14.2 Å². The van der Waals surface area contributed by atoms with Crippen molar-refractivity contribution in [3.05, 3.63) is 48.5 Å². The van der Waals surface area contributed by atoms with Crippen LogP contribution in [0.1, 0.15) is 0 Å². The summed E-state index contributed by atoms with van der Waals surface area (Å²) in [6.07, 6.45) is 0. The van der Waals surface area contributed by atoms with Gasteiger partial charge in [0.05, 0.1) is 7.11 Å². The van der Waals surface area contributed by atoms with Crippen LogP contribution in [-0.4, -0.2) is 39.2 Å². The Morgan fingerprint density at radius 1 is 0.880 bits per heavy atom. The third-order valence-electron chi connectivity index (χ3n) is 3.20. The van der Waals surface area contributed by atoms with Crippen LogP contribution in [0.15, 0.2) is 48.5 Å². The number of nitrogens with one attached hydrogen (secondary N) is 2. The van der Waals surface area contributed by atoms with Crippen molar-refractivity contribution in [2.45, 2.75) is 0 Å². The van der Waals surface area contributed by atoms with Crippen LogP contribution in [0, 0.1) is 0 Å². The second kappa shape index (κ2) is 9.17. The maximum absolute atomic E-state index is 12.0. The van der Waals surface area contributed by atoms with Crippen LogP contribution in [0.4, 0.5) is 5.69 Å². The van der Waals surface area contributed by atoms with E-state index in [-0.39, 0.29) is 25.0 Å². The molecule has 0 saturated heterocycles. The molecule has 2 N–H and O–H groups in total. The molecule has 0 aliphatic carbocycles. The van der Waals surface area contributed by atoms with E-state index >= 15 is 0 Å². The number of likely N-dealkylation sites (N-methyl/N-ethyl adjacent to an activating group) is 1. The lowest BCUT2D eigenvalue weighted by molar-refractivity contribution is -0.122. The molecule has 0 aliphatic rings. The first-order valence-corrected chi connectivity index (χ1v) is 7.61. The van der Waals surface area contributed by atoms with Crippen molar-refractivity contribution in [1.82, 2.24) is 5.32 Å². The first kappa shape index (κ1) is 18.1. The van der Waals surface area contributed by atoms with Crippen LogP contribution < -0.4 is 24.8 Å². The molecule has 0 fully saturated rings. The summed E-state index contributed by atoms with van der Waals surface area (Å²) in [5.74, 6) is 1.23. The largest absolute Gasteiger partial charge is 0.497 e. The first-order chi connectivity index (χ1) is 12.1. The smallest absolute Gasteiger partial charge is 0.262 e. The number of rotatable bonds is 8. The molecule has 2 aromatic rings. The lowest BCUT2D eigenvalue weighted by Crippen LogP contribution is -2.24. The molecule has 2 aromatic carbocycles. The van der Waals surface area contributed by atoms with E-state index in [0.29, 0.717) is 22.9 Å². The molecule has 25 heavy (non-hydrogen) atoms. The molecule has 0 bridgehead atoms. The van der Waals surface area contributed by atoms with Gasteiger partial charge in [-0.15, -0.1) is 0 Å². The van der Waals surface area contributed by atoms with Crippen LogP contribution in [-0.2, 0) is 9.59 Å². The number of ether oxygens (including phenoxy) is 3. The fraction of sp³-hybridized carbons (Fsp3) is 0.222. The molecule has 0 heterocycles. The minimum atomic E-state index is -0.306. The minimum absolute atomic E-state index is 0.0888. The fourth-order valence-electron chi connectivity index (χ4n) is 1.90. The minimum Gasteiger partial charge on any atom is -0.497 e. The number of carbonyl (C=O) groups is 2. The Morgan fingerprint density at radius 2 is 1.52 bits per heavy atom. The Hall–Kier alpha value is -3.22. The third kappa shape index (κ3) is 6.06.